The van der Waals surface area contributed by atoms with Crippen LogP contribution in [0.5, 0.6) is 5.75 Å². The van der Waals surface area contributed by atoms with E-state index in [1.807, 2.05) is 0 Å². The lowest BCUT2D eigenvalue weighted by Crippen LogP contribution is -2.44. The molecule has 1 aromatic heterocycles. The molecular formula is C20H27N3O2. The average molecular weight is 341 g/mol. The van der Waals surface area contributed by atoms with Crippen LogP contribution in [0.25, 0.3) is 0 Å². The van der Waals surface area contributed by atoms with Gasteiger partial charge in [0, 0.05) is 43.0 Å². The molecule has 134 valence electrons. The second-order valence-electron chi connectivity index (χ2n) is 7.09. The summed E-state index contributed by atoms with van der Waals surface area (Å²) in [6.45, 7) is 4.14. The number of benzene rings is 1. The molecule has 2 heterocycles. The van der Waals surface area contributed by atoms with E-state index < -0.39 is 0 Å². The number of aliphatic hydroxyl groups is 1. The van der Waals surface area contributed by atoms with Crippen molar-refractivity contribution in [1.29, 1.82) is 0 Å². The normalized spacial score (nSPS) is 17.7. The fraction of sp³-hybridized carbons (Fsp3) is 0.450. The molecule has 3 rings (SSSR count). The summed E-state index contributed by atoms with van der Waals surface area (Å²) in [5.74, 6) is 0.195. The first-order chi connectivity index (χ1) is 12.0. The van der Waals surface area contributed by atoms with E-state index >= 15 is 0 Å². The molecule has 0 saturated carbocycles. The minimum atomic E-state index is -0.110. The molecule has 0 fully saturated rings. The summed E-state index contributed by atoms with van der Waals surface area (Å²) in [6, 6.07) is 9.07. The van der Waals surface area contributed by atoms with Crippen molar-refractivity contribution in [3.8, 4) is 5.75 Å². The Balaban J connectivity index is 1.71. The Morgan fingerprint density at radius 2 is 2.00 bits per heavy atom. The van der Waals surface area contributed by atoms with Crippen LogP contribution < -0.4 is 0 Å². The molecule has 1 aliphatic heterocycles. The number of aromatic nitrogens is 1. The van der Waals surface area contributed by atoms with E-state index in [0.29, 0.717) is 23.8 Å². The Labute approximate surface area is 149 Å². The number of hydrogen-bond donors (Lipinski definition) is 2. The molecule has 0 amide bonds. The highest BCUT2D eigenvalue weighted by molar-refractivity contribution is 5.40. The molecule has 5 nitrogen and oxygen atoms in total. The zero-order valence-electron chi connectivity index (χ0n) is 15.2. The van der Waals surface area contributed by atoms with Gasteiger partial charge in [-0.05, 0) is 38.6 Å². The van der Waals surface area contributed by atoms with E-state index in [0.717, 1.165) is 25.1 Å². The quantitative estimate of drug-likeness (QED) is 0.872. The fourth-order valence-electron chi connectivity index (χ4n) is 3.61. The van der Waals surface area contributed by atoms with Crippen molar-refractivity contribution in [2.75, 3.05) is 20.6 Å². The van der Waals surface area contributed by atoms with E-state index in [2.05, 4.69) is 53.1 Å². The number of aliphatic hydroxyl groups excluding tert-OH is 1. The maximum atomic E-state index is 10.3. The average Bonchev–Trinajstić information content (AvgIpc) is 2.60. The summed E-state index contributed by atoms with van der Waals surface area (Å²) in [5, 5.41) is 19.9. The van der Waals surface area contributed by atoms with Gasteiger partial charge in [-0.3, -0.25) is 9.88 Å². The van der Waals surface area contributed by atoms with Gasteiger partial charge in [0.1, 0.15) is 5.75 Å². The molecule has 0 unspecified atom stereocenters. The molecule has 1 aromatic carbocycles. The number of nitrogens with zero attached hydrogens (tertiary/aromatic N) is 3. The molecule has 0 aliphatic carbocycles. The van der Waals surface area contributed by atoms with Crippen molar-refractivity contribution in [3.63, 3.8) is 0 Å². The van der Waals surface area contributed by atoms with Gasteiger partial charge in [0.05, 0.1) is 12.3 Å². The third-order valence-corrected chi connectivity index (χ3v) is 5.17. The molecular weight excluding hydrogens is 314 g/mol. The number of rotatable bonds is 5. The fourth-order valence-corrected chi connectivity index (χ4v) is 3.61. The van der Waals surface area contributed by atoms with Gasteiger partial charge in [-0.1, -0.05) is 24.3 Å². The Kier molecular flexibility index (Phi) is 5.37. The van der Waals surface area contributed by atoms with Gasteiger partial charge in [0.15, 0.2) is 0 Å². The smallest absolute Gasteiger partial charge is 0.141 e. The van der Waals surface area contributed by atoms with Crippen LogP contribution in [0, 0.1) is 6.92 Å². The van der Waals surface area contributed by atoms with Crippen molar-refractivity contribution < 1.29 is 10.2 Å². The number of fused-ring (bicyclic) bond motifs is 1. The molecule has 0 radical (unpaired) electrons. The van der Waals surface area contributed by atoms with Crippen molar-refractivity contribution in [1.82, 2.24) is 14.8 Å². The van der Waals surface area contributed by atoms with Crippen molar-refractivity contribution >= 4 is 0 Å². The first-order valence-electron chi connectivity index (χ1n) is 8.72. The van der Waals surface area contributed by atoms with Crippen LogP contribution in [0.1, 0.15) is 27.9 Å². The third-order valence-electron chi connectivity index (χ3n) is 5.17. The second kappa shape index (κ2) is 7.52. The van der Waals surface area contributed by atoms with E-state index in [4.69, 9.17) is 0 Å². The predicted octanol–water partition coefficient (Wildman–Crippen LogP) is 2.08. The lowest BCUT2D eigenvalue weighted by molar-refractivity contribution is 0.157. The molecule has 5 heteroatoms. The topological polar surface area (TPSA) is 59.8 Å². The molecule has 0 spiro atoms. The highest BCUT2D eigenvalue weighted by Crippen LogP contribution is 2.26. The number of likely N-dealkylation sites (N-methyl/N-ethyl adjacent to an activating group) is 2. The number of aromatic hydroxyl groups is 1. The second-order valence-corrected chi connectivity index (χ2v) is 7.09. The van der Waals surface area contributed by atoms with Gasteiger partial charge in [0.2, 0.25) is 0 Å². The summed E-state index contributed by atoms with van der Waals surface area (Å²) in [6.07, 6.45) is 2.69. The Bertz CT molecular complexity index is 748. The maximum Gasteiger partial charge on any atom is 0.141 e. The maximum absolute atomic E-state index is 10.3. The van der Waals surface area contributed by atoms with E-state index in [-0.39, 0.29) is 12.4 Å². The van der Waals surface area contributed by atoms with Crippen LogP contribution in [0.4, 0.5) is 0 Å². The van der Waals surface area contributed by atoms with Crippen LogP contribution in [0.15, 0.2) is 30.5 Å². The highest BCUT2D eigenvalue weighted by atomic mass is 16.3. The SMILES string of the molecule is Cc1ncc(CO)c(CN(C)C[C@@H]2Cc3ccccc3CN2C)c1O. The summed E-state index contributed by atoms with van der Waals surface area (Å²) >= 11 is 0. The third kappa shape index (κ3) is 3.84. The van der Waals surface area contributed by atoms with Crippen molar-refractivity contribution in [2.45, 2.75) is 39.1 Å². The number of pyridine rings is 1. The monoisotopic (exact) mass is 341 g/mol. The van der Waals surface area contributed by atoms with Gasteiger partial charge in [-0.25, -0.2) is 0 Å². The van der Waals surface area contributed by atoms with Gasteiger partial charge >= 0.3 is 0 Å². The largest absolute Gasteiger partial charge is 0.506 e. The van der Waals surface area contributed by atoms with Crippen LogP contribution in [-0.4, -0.2) is 51.7 Å². The van der Waals surface area contributed by atoms with Gasteiger partial charge < -0.3 is 15.1 Å². The van der Waals surface area contributed by atoms with Gasteiger partial charge in [-0.15, -0.1) is 0 Å². The summed E-state index contributed by atoms with van der Waals surface area (Å²) < 4.78 is 0. The molecule has 2 aromatic rings. The Morgan fingerprint density at radius 3 is 2.72 bits per heavy atom. The van der Waals surface area contributed by atoms with Crippen molar-refractivity contribution in [3.05, 3.63) is 58.4 Å². The molecule has 0 saturated heterocycles. The predicted molar refractivity (Wildman–Crippen MR) is 98.3 cm³/mol. The van der Waals surface area contributed by atoms with E-state index in [1.54, 1.807) is 13.1 Å². The zero-order chi connectivity index (χ0) is 18.0. The molecule has 1 atom stereocenters. The minimum Gasteiger partial charge on any atom is -0.506 e. The van der Waals surface area contributed by atoms with Crippen LogP contribution in [0.3, 0.4) is 0 Å². The minimum absolute atomic E-state index is 0.110. The summed E-state index contributed by atoms with van der Waals surface area (Å²) in [5.41, 5.74) is 4.91. The Hall–Kier alpha value is -1.95. The molecule has 1 aliphatic rings. The van der Waals surface area contributed by atoms with E-state index in [9.17, 15) is 10.2 Å². The van der Waals surface area contributed by atoms with Crippen LogP contribution >= 0.6 is 0 Å². The number of hydrogen-bond acceptors (Lipinski definition) is 5. The van der Waals surface area contributed by atoms with Crippen molar-refractivity contribution in [2.24, 2.45) is 0 Å². The standard InChI is InChI=1S/C20H27N3O2/c1-14-20(25)19(17(13-24)9-21-14)12-22(2)11-18-8-15-6-4-5-7-16(15)10-23(18)3/h4-7,9,18,24-25H,8,10-13H2,1-3H3/t18-/m0/s1. The summed E-state index contributed by atoms with van der Waals surface area (Å²) in [7, 11) is 4.23. The first kappa shape index (κ1) is 17.9. The molecule has 25 heavy (non-hydrogen) atoms. The molecule has 0 bridgehead atoms. The Morgan fingerprint density at radius 1 is 1.28 bits per heavy atom. The highest BCUT2D eigenvalue weighted by Gasteiger charge is 2.24. The zero-order valence-corrected chi connectivity index (χ0v) is 15.2. The lowest BCUT2D eigenvalue weighted by Gasteiger charge is -2.36. The number of aryl methyl sites for hydroxylation is 1. The molecule has 2 N–H and O–H groups in total. The first-order valence-corrected chi connectivity index (χ1v) is 8.72. The lowest BCUT2D eigenvalue weighted by atomic mass is 9.94. The van der Waals surface area contributed by atoms with Gasteiger partial charge in [-0.2, -0.15) is 0 Å². The van der Waals surface area contributed by atoms with E-state index in [1.165, 1.54) is 11.1 Å². The van der Waals surface area contributed by atoms with Crippen LogP contribution in [-0.2, 0) is 26.1 Å². The summed E-state index contributed by atoms with van der Waals surface area (Å²) in [4.78, 5) is 8.74. The van der Waals surface area contributed by atoms with Crippen LogP contribution in [0.2, 0.25) is 0 Å². The van der Waals surface area contributed by atoms with Gasteiger partial charge in [0.25, 0.3) is 0 Å².